The third-order valence-electron chi connectivity index (χ3n) is 6.52. The molecule has 176 valence electrons. The van der Waals surface area contributed by atoms with Crippen molar-refractivity contribution < 1.29 is 14.3 Å². The summed E-state index contributed by atoms with van der Waals surface area (Å²) < 4.78 is 5.64. The van der Waals surface area contributed by atoms with E-state index in [1.807, 2.05) is 21.9 Å². The predicted octanol–water partition coefficient (Wildman–Crippen LogP) is 3.65. The van der Waals surface area contributed by atoms with E-state index in [1.165, 1.54) is 11.3 Å². The fraction of sp³-hybridized carbons (Fsp3) is 0.583. The van der Waals surface area contributed by atoms with Gasteiger partial charge in [-0.15, -0.1) is 11.3 Å². The van der Waals surface area contributed by atoms with Crippen molar-refractivity contribution in [1.82, 2.24) is 19.8 Å². The molecule has 0 saturated carbocycles. The van der Waals surface area contributed by atoms with E-state index in [-0.39, 0.29) is 35.5 Å². The van der Waals surface area contributed by atoms with Gasteiger partial charge in [0, 0.05) is 36.4 Å². The highest BCUT2D eigenvalue weighted by Gasteiger charge is 2.43. The number of pyridine rings is 1. The van der Waals surface area contributed by atoms with Crippen LogP contribution < -0.4 is 5.32 Å². The highest BCUT2D eigenvalue weighted by atomic mass is 32.1. The summed E-state index contributed by atoms with van der Waals surface area (Å²) in [6, 6.07) is 4.13. The summed E-state index contributed by atoms with van der Waals surface area (Å²) in [5, 5.41) is 3.72. The van der Waals surface area contributed by atoms with Crippen molar-refractivity contribution in [3.8, 4) is 10.4 Å². The van der Waals surface area contributed by atoms with Crippen LogP contribution in [-0.4, -0.2) is 75.0 Å². The number of morpholine rings is 1. The van der Waals surface area contributed by atoms with E-state index in [4.69, 9.17) is 4.74 Å². The molecule has 0 aliphatic carbocycles. The molecule has 3 saturated heterocycles. The molecule has 0 spiro atoms. The number of amides is 2. The zero-order valence-electron chi connectivity index (χ0n) is 19.6. The second-order valence-electron chi connectivity index (χ2n) is 10.3. The first kappa shape index (κ1) is 22.3. The Balaban J connectivity index is 1.48. The minimum absolute atomic E-state index is 0.103. The first-order valence-corrected chi connectivity index (χ1v) is 12.5. The molecule has 8 nitrogen and oxygen atoms in total. The summed E-state index contributed by atoms with van der Waals surface area (Å²) in [6.07, 6.45) is 4.74. The van der Waals surface area contributed by atoms with Crippen molar-refractivity contribution in [2.75, 3.05) is 25.0 Å². The van der Waals surface area contributed by atoms with E-state index in [1.54, 1.807) is 6.20 Å². The van der Waals surface area contributed by atoms with Crippen molar-refractivity contribution in [2.24, 2.45) is 0 Å². The summed E-state index contributed by atoms with van der Waals surface area (Å²) in [6.45, 7) is 10.2. The molecule has 9 heteroatoms. The third kappa shape index (κ3) is 4.36. The van der Waals surface area contributed by atoms with Gasteiger partial charge in [-0.1, -0.05) is 0 Å². The van der Waals surface area contributed by atoms with Gasteiger partial charge < -0.3 is 19.9 Å². The molecule has 33 heavy (non-hydrogen) atoms. The van der Waals surface area contributed by atoms with Crippen LogP contribution in [0.4, 0.5) is 5.82 Å². The number of nitrogens with zero attached hydrogens (tertiary/aromatic N) is 4. The second-order valence-corrected chi connectivity index (χ2v) is 11.3. The van der Waals surface area contributed by atoms with E-state index in [0.29, 0.717) is 28.7 Å². The predicted molar refractivity (Wildman–Crippen MR) is 128 cm³/mol. The monoisotopic (exact) mass is 469 g/mol. The maximum atomic E-state index is 13.5. The van der Waals surface area contributed by atoms with Gasteiger partial charge in [-0.25, -0.2) is 9.97 Å². The fourth-order valence-electron chi connectivity index (χ4n) is 4.88. The summed E-state index contributed by atoms with van der Waals surface area (Å²) in [4.78, 5) is 40.4. The number of fused-ring (bicyclic) bond motifs is 2. The lowest BCUT2D eigenvalue weighted by molar-refractivity contribution is 0.0259. The van der Waals surface area contributed by atoms with Gasteiger partial charge in [0.15, 0.2) is 5.01 Å². The van der Waals surface area contributed by atoms with E-state index in [2.05, 4.69) is 43.0 Å². The van der Waals surface area contributed by atoms with Crippen LogP contribution in [0.25, 0.3) is 10.4 Å². The first-order valence-electron chi connectivity index (χ1n) is 11.7. The number of hydrogen-bond donors (Lipinski definition) is 1. The summed E-state index contributed by atoms with van der Waals surface area (Å²) in [5.41, 5.74) is 1.05. The Kier molecular flexibility index (Phi) is 5.64. The normalized spacial score (nSPS) is 24.5. The number of hydrogen-bond acceptors (Lipinski definition) is 7. The highest BCUT2D eigenvalue weighted by molar-refractivity contribution is 7.17. The maximum Gasteiger partial charge on any atom is 0.283 e. The molecule has 2 unspecified atom stereocenters. The number of aromatic nitrogens is 2. The van der Waals surface area contributed by atoms with Gasteiger partial charge in [0.2, 0.25) is 0 Å². The number of carbonyl (C=O) groups excluding carboxylic acids is 2. The molecular weight excluding hydrogens is 438 g/mol. The van der Waals surface area contributed by atoms with Crippen molar-refractivity contribution >= 4 is 29.0 Å². The zero-order chi connectivity index (χ0) is 23.3. The van der Waals surface area contributed by atoms with Gasteiger partial charge >= 0.3 is 0 Å². The quantitative estimate of drug-likeness (QED) is 0.735. The van der Waals surface area contributed by atoms with Gasteiger partial charge in [0.05, 0.1) is 23.6 Å². The standard InChI is InChI=1S/C24H31N5O3S/c1-14-6-5-9-28(14)22(30)19-20(15-7-8-18(25-11-15)27-24(2,3)4)33-21(26-19)23(31)29-12-17-10-16(29)13-32-17/h7-8,11,14,16-17H,5-6,9-10,12-13H2,1-4H3,(H,25,27)/t14-,16?,17?/m0/s1. The molecule has 2 aromatic heterocycles. The summed E-state index contributed by atoms with van der Waals surface area (Å²) >= 11 is 1.29. The van der Waals surface area contributed by atoms with E-state index >= 15 is 0 Å². The topological polar surface area (TPSA) is 87.7 Å². The average Bonchev–Trinajstić information content (AvgIpc) is 3.56. The Hall–Kier alpha value is -2.52. The molecule has 3 fully saturated rings. The molecule has 3 atom stereocenters. The van der Waals surface area contributed by atoms with Crippen molar-refractivity contribution in [1.29, 1.82) is 0 Å². The van der Waals surface area contributed by atoms with Crippen LogP contribution in [0.2, 0.25) is 0 Å². The number of rotatable bonds is 4. The van der Waals surface area contributed by atoms with Crippen molar-refractivity contribution in [2.45, 2.75) is 70.7 Å². The molecule has 0 aromatic carbocycles. The van der Waals surface area contributed by atoms with Crippen LogP contribution in [0.1, 0.15) is 67.2 Å². The van der Waals surface area contributed by atoms with E-state index in [9.17, 15) is 9.59 Å². The van der Waals surface area contributed by atoms with Gasteiger partial charge in [-0.3, -0.25) is 9.59 Å². The Morgan fingerprint density at radius 2 is 2.03 bits per heavy atom. The lowest BCUT2D eigenvalue weighted by atomic mass is 10.1. The molecule has 3 aliphatic heterocycles. The molecule has 0 radical (unpaired) electrons. The molecule has 5 rings (SSSR count). The van der Waals surface area contributed by atoms with Crippen LogP contribution in [0.15, 0.2) is 18.3 Å². The molecular formula is C24H31N5O3S. The summed E-state index contributed by atoms with van der Waals surface area (Å²) in [5.74, 6) is 0.555. The molecule has 2 bridgehead atoms. The number of anilines is 1. The van der Waals surface area contributed by atoms with Crippen molar-refractivity contribution in [3.05, 3.63) is 29.0 Å². The SMILES string of the molecule is C[C@H]1CCCN1C(=O)c1nc(C(=O)N2CC3CC2CO3)sc1-c1ccc(NC(C)(C)C)nc1. The Morgan fingerprint density at radius 3 is 2.61 bits per heavy atom. The number of nitrogens with one attached hydrogen (secondary N) is 1. The molecule has 1 N–H and O–H groups in total. The van der Waals surface area contributed by atoms with Gasteiger partial charge in [0.25, 0.3) is 11.8 Å². The van der Waals surface area contributed by atoms with Crippen molar-refractivity contribution in [3.63, 3.8) is 0 Å². The number of likely N-dealkylation sites (tertiary alicyclic amines) is 2. The highest BCUT2D eigenvalue weighted by Crippen LogP contribution is 2.35. The van der Waals surface area contributed by atoms with Crippen LogP contribution in [-0.2, 0) is 4.74 Å². The van der Waals surface area contributed by atoms with E-state index in [0.717, 1.165) is 37.2 Å². The molecule has 2 aromatic rings. The van der Waals surface area contributed by atoms with Gasteiger partial charge in [0.1, 0.15) is 11.5 Å². The Labute approximate surface area is 198 Å². The van der Waals surface area contributed by atoms with Crippen LogP contribution in [0.3, 0.4) is 0 Å². The lowest BCUT2D eigenvalue weighted by Crippen LogP contribution is -2.41. The largest absolute Gasteiger partial charge is 0.374 e. The van der Waals surface area contributed by atoms with Gasteiger partial charge in [-0.2, -0.15) is 0 Å². The maximum absolute atomic E-state index is 13.5. The minimum atomic E-state index is -0.107. The number of thiazole rings is 1. The smallest absolute Gasteiger partial charge is 0.283 e. The lowest BCUT2D eigenvalue weighted by Gasteiger charge is -2.25. The summed E-state index contributed by atoms with van der Waals surface area (Å²) in [7, 11) is 0. The Bertz CT molecular complexity index is 1060. The number of carbonyl (C=O) groups is 2. The number of ether oxygens (including phenoxy) is 1. The van der Waals surface area contributed by atoms with Crippen LogP contribution >= 0.6 is 11.3 Å². The molecule has 2 amide bonds. The zero-order valence-corrected chi connectivity index (χ0v) is 20.4. The van der Waals surface area contributed by atoms with Crippen LogP contribution in [0, 0.1) is 0 Å². The fourth-order valence-corrected chi connectivity index (χ4v) is 5.88. The molecule has 5 heterocycles. The van der Waals surface area contributed by atoms with Crippen LogP contribution in [0.5, 0.6) is 0 Å². The minimum Gasteiger partial charge on any atom is -0.374 e. The molecule has 3 aliphatic rings. The first-order chi connectivity index (χ1) is 15.7. The third-order valence-corrected chi connectivity index (χ3v) is 7.61. The van der Waals surface area contributed by atoms with Gasteiger partial charge in [-0.05, 0) is 59.1 Å². The second kappa shape index (κ2) is 8.36. The van der Waals surface area contributed by atoms with E-state index < -0.39 is 0 Å². The average molecular weight is 470 g/mol. The Morgan fingerprint density at radius 1 is 1.21 bits per heavy atom.